The summed E-state index contributed by atoms with van der Waals surface area (Å²) < 4.78 is 7.77. The summed E-state index contributed by atoms with van der Waals surface area (Å²) in [5.41, 5.74) is 1.20. The van der Waals surface area contributed by atoms with Crippen LogP contribution in [0.4, 0.5) is 4.79 Å². The predicted octanol–water partition coefficient (Wildman–Crippen LogP) is 1.58. The molecule has 6 heteroatoms. The van der Waals surface area contributed by atoms with Crippen molar-refractivity contribution in [3.05, 3.63) is 48.5 Å². The van der Waals surface area contributed by atoms with Crippen LogP contribution in [-0.4, -0.2) is 34.8 Å². The van der Waals surface area contributed by atoms with Crippen molar-refractivity contribution < 1.29 is 9.53 Å². The summed E-state index contributed by atoms with van der Waals surface area (Å²) >= 11 is 0. The van der Waals surface area contributed by atoms with E-state index in [-0.39, 0.29) is 12.1 Å². The maximum atomic E-state index is 11.7. The van der Waals surface area contributed by atoms with Gasteiger partial charge in [0.25, 0.3) is 0 Å². The van der Waals surface area contributed by atoms with Crippen LogP contribution in [0.1, 0.15) is 12.0 Å². The van der Waals surface area contributed by atoms with E-state index < -0.39 is 0 Å². The van der Waals surface area contributed by atoms with Gasteiger partial charge in [0.15, 0.2) is 0 Å². The van der Waals surface area contributed by atoms with Gasteiger partial charge in [-0.15, -0.1) is 0 Å². The molecule has 0 spiro atoms. The number of fused-ring (bicyclic) bond motifs is 1. The maximum Gasteiger partial charge on any atom is 0.314 e. The number of urea groups is 1. The number of hydrogen-bond donors (Lipinski definition) is 2. The molecule has 2 heterocycles. The summed E-state index contributed by atoms with van der Waals surface area (Å²) in [6.45, 7) is 2.00. The van der Waals surface area contributed by atoms with Crippen LogP contribution in [0, 0.1) is 0 Å². The topological polar surface area (TPSA) is 68.2 Å². The number of rotatable bonds is 6. The van der Waals surface area contributed by atoms with Crippen molar-refractivity contribution in [2.45, 2.75) is 25.5 Å². The van der Waals surface area contributed by atoms with Gasteiger partial charge in [0.05, 0.1) is 12.9 Å². The molecule has 1 aromatic carbocycles. The molecule has 6 nitrogen and oxygen atoms in total. The monoisotopic (exact) mass is 300 g/mol. The summed E-state index contributed by atoms with van der Waals surface area (Å²) in [7, 11) is 0. The summed E-state index contributed by atoms with van der Waals surface area (Å²) in [6.07, 6.45) is 7.17. The third kappa shape index (κ3) is 3.78. The quantitative estimate of drug-likeness (QED) is 0.796. The highest BCUT2D eigenvalue weighted by atomic mass is 16.5. The van der Waals surface area contributed by atoms with E-state index in [1.807, 2.05) is 29.0 Å². The first-order chi connectivity index (χ1) is 10.8. The standard InChI is InChI=1S/C16H20N4O2/c21-16(18-6-3-8-20-9-7-17-12-20)19-11-14-10-13-4-1-2-5-15(13)22-14/h1-2,4-5,7,9,12,14H,3,6,8,10-11H2,(H2,18,19,21)/t14-/m0/s1. The van der Waals surface area contributed by atoms with Gasteiger partial charge in [0, 0.05) is 31.9 Å². The first kappa shape index (κ1) is 14.4. The van der Waals surface area contributed by atoms with Crippen molar-refractivity contribution in [1.29, 1.82) is 0 Å². The smallest absolute Gasteiger partial charge is 0.314 e. The fraction of sp³-hybridized carbons (Fsp3) is 0.375. The maximum absolute atomic E-state index is 11.7. The number of imidazole rings is 1. The number of hydrogen-bond acceptors (Lipinski definition) is 3. The van der Waals surface area contributed by atoms with E-state index in [4.69, 9.17) is 4.74 Å². The van der Waals surface area contributed by atoms with Gasteiger partial charge in [0.2, 0.25) is 0 Å². The molecule has 2 aromatic rings. The normalized spacial score (nSPS) is 15.9. The number of carbonyl (C=O) groups is 1. The van der Waals surface area contributed by atoms with E-state index in [0.29, 0.717) is 13.1 Å². The lowest BCUT2D eigenvalue weighted by molar-refractivity contribution is 0.214. The Balaban J connectivity index is 1.30. The number of nitrogens with zero attached hydrogens (tertiary/aromatic N) is 2. The van der Waals surface area contributed by atoms with Gasteiger partial charge in [-0.1, -0.05) is 18.2 Å². The second kappa shape index (κ2) is 6.98. The zero-order valence-electron chi connectivity index (χ0n) is 12.4. The molecule has 0 unspecified atom stereocenters. The molecule has 2 amide bonds. The van der Waals surface area contributed by atoms with Crippen LogP contribution in [0.15, 0.2) is 43.0 Å². The van der Waals surface area contributed by atoms with Crippen LogP contribution < -0.4 is 15.4 Å². The minimum atomic E-state index is -0.148. The Hall–Kier alpha value is -2.50. The lowest BCUT2D eigenvalue weighted by atomic mass is 10.1. The van der Waals surface area contributed by atoms with Crippen molar-refractivity contribution >= 4 is 6.03 Å². The Morgan fingerprint density at radius 2 is 2.27 bits per heavy atom. The zero-order valence-corrected chi connectivity index (χ0v) is 12.4. The summed E-state index contributed by atoms with van der Waals surface area (Å²) in [6, 6.07) is 7.84. The molecule has 0 bridgehead atoms. The largest absolute Gasteiger partial charge is 0.488 e. The third-order valence-corrected chi connectivity index (χ3v) is 3.64. The Morgan fingerprint density at radius 1 is 1.36 bits per heavy atom. The average Bonchev–Trinajstić information content (AvgIpc) is 3.18. The van der Waals surface area contributed by atoms with Gasteiger partial charge >= 0.3 is 6.03 Å². The number of benzene rings is 1. The second-order valence-electron chi connectivity index (χ2n) is 5.34. The Labute approximate surface area is 129 Å². The van der Waals surface area contributed by atoms with Crippen LogP contribution in [0.25, 0.3) is 0 Å². The number of aryl methyl sites for hydroxylation is 1. The van der Waals surface area contributed by atoms with Crippen molar-refractivity contribution in [2.75, 3.05) is 13.1 Å². The van der Waals surface area contributed by atoms with Crippen molar-refractivity contribution in [1.82, 2.24) is 20.2 Å². The van der Waals surface area contributed by atoms with E-state index in [9.17, 15) is 4.79 Å². The van der Waals surface area contributed by atoms with Gasteiger partial charge in [-0.25, -0.2) is 9.78 Å². The SMILES string of the molecule is O=C(NCCCn1ccnc1)NC[C@@H]1Cc2ccccc2O1. The molecule has 0 fully saturated rings. The molecule has 116 valence electrons. The molecule has 1 aliphatic heterocycles. The highest BCUT2D eigenvalue weighted by Crippen LogP contribution is 2.27. The molecule has 0 radical (unpaired) electrons. The van der Waals surface area contributed by atoms with E-state index in [0.717, 1.165) is 25.1 Å². The van der Waals surface area contributed by atoms with E-state index >= 15 is 0 Å². The minimum Gasteiger partial charge on any atom is -0.488 e. The van der Waals surface area contributed by atoms with Crippen LogP contribution in [0.2, 0.25) is 0 Å². The summed E-state index contributed by atoms with van der Waals surface area (Å²) in [5.74, 6) is 0.926. The Morgan fingerprint density at radius 3 is 3.09 bits per heavy atom. The first-order valence-corrected chi connectivity index (χ1v) is 7.53. The molecule has 1 aliphatic rings. The van der Waals surface area contributed by atoms with Gasteiger partial charge in [-0.2, -0.15) is 0 Å². The number of ether oxygens (including phenoxy) is 1. The number of carbonyl (C=O) groups excluding carboxylic acids is 1. The van der Waals surface area contributed by atoms with Crippen molar-refractivity contribution in [3.63, 3.8) is 0 Å². The second-order valence-corrected chi connectivity index (χ2v) is 5.34. The number of aromatic nitrogens is 2. The number of para-hydroxylation sites is 1. The van der Waals surface area contributed by atoms with E-state index in [1.54, 1.807) is 12.5 Å². The average molecular weight is 300 g/mol. The molecule has 0 saturated carbocycles. The number of nitrogens with one attached hydrogen (secondary N) is 2. The molecule has 3 rings (SSSR count). The summed E-state index contributed by atoms with van der Waals surface area (Å²) in [4.78, 5) is 15.7. The minimum absolute atomic E-state index is 0.0223. The van der Waals surface area contributed by atoms with Gasteiger partial charge in [-0.05, 0) is 18.1 Å². The Bertz CT molecular complexity index is 587. The predicted molar refractivity (Wildman–Crippen MR) is 82.8 cm³/mol. The highest BCUT2D eigenvalue weighted by molar-refractivity contribution is 5.73. The molecule has 1 atom stereocenters. The number of amides is 2. The molecular formula is C16H20N4O2. The molecule has 0 saturated heterocycles. The van der Waals surface area contributed by atoms with Crippen LogP contribution >= 0.6 is 0 Å². The van der Waals surface area contributed by atoms with Crippen molar-refractivity contribution in [3.8, 4) is 5.75 Å². The van der Waals surface area contributed by atoms with E-state index in [2.05, 4.69) is 21.7 Å². The lowest BCUT2D eigenvalue weighted by Crippen LogP contribution is -2.41. The highest BCUT2D eigenvalue weighted by Gasteiger charge is 2.22. The first-order valence-electron chi connectivity index (χ1n) is 7.53. The van der Waals surface area contributed by atoms with Gasteiger partial charge in [-0.3, -0.25) is 0 Å². The fourth-order valence-electron chi connectivity index (χ4n) is 2.52. The lowest BCUT2D eigenvalue weighted by Gasteiger charge is -2.12. The third-order valence-electron chi connectivity index (χ3n) is 3.64. The van der Waals surface area contributed by atoms with Crippen molar-refractivity contribution in [2.24, 2.45) is 0 Å². The molecule has 2 N–H and O–H groups in total. The van der Waals surface area contributed by atoms with Gasteiger partial charge in [0.1, 0.15) is 11.9 Å². The fourth-order valence-corrected chi connectivity index (χ4v) is 2.52. The van der Waals surface area contributed by atoms with Crippen LogP contribution in [0.5, 0.6) is 5.75 Å². The van der Waals surface area contributed by atoms with Gasteiger partial charge < -0.3 is 19.9 Å². The zero-order chi connectivity index (χ0) is 15.2. The molecule has 0 aliphatic carbocycles. The Kier molecular flexibility index (Phi) is 4.58. The summed E-state index contributed by atoms with van der Waals surface area (Å²) in [5, 5.41) is 5.71. The van der Waals surface area contributed by atoms with Crippen LogP contribution in [0.3, 0.4) is 0 Å². The van der Waals surface area contributed by atoms with Crippen LogP contribution in [-0.2, 0) is 13.0 Å². The van der Waals surface area contributed by atoms with E-state index in [1.165, 1.54) is 5.56 Å². The molecular weight excluding hydrogens is 280 g/mol. The molecule has 1 aromatic heterocycles. The molecule has 22 heavy (non-hydrogen) atoms.